The summed E-state index contributed by atoms with van der Waals surface area (Å²) in [6.45, 7) is 2.02. The second-order valence-electron chi connectivity index (χ2n) is 5.19. The van der Waals surface area contributed by atoms with Crippen molar-refractivity contribution in [3.05, 3.63) is 52.4 Å². The molecule has 1 heterocycles. The molecule has 3 rings (SSSR count). The number of anilines is 2. The molecule has 0 radical (unpaired) electrons. The number of nitrogens with one attached hydrogen (secondary N) is 1. The van der Waals surface area contributed by atoms with Crippen molar-refractivity contribution >= 4 is 33.8 Å². The van der Waals surface area contributed by atoms with Crippen LogP contribution in [0.4, 0.5) is 10.8 Å². The minimum atomic E-state index is 0.640. The fourth-order valence-electron chi connectivity index (χ4n) is 2.39. The maximum atomic E-state index is 6.06. The monoisotopic (exact) mass is 360 g/mol. The van der Waals surface area contributed by atoms with E-state index in [1.54, 1.807) is 20.3 Å². The molecule has 0 aliphatic heterocycles. The summed E-state index contributed by atoms with van der Waals surface area (Å²) in [7, 11) is 3.30. The molecule has 0 aliphatic carbocycles. The van der Waals surface area contributed by atoms with Gasteiger partial charge < -0.3 is 14.8 Å². The van der Waals surface area contributed by atoms with Gasteiger partial charge in [0.25, 0.3) is 0 Å². The van der Waals surface area contributed by atoms with Crippen molar-refractivity contribution in [1.82, 2.24) is 4.98 Å². The van der Waals surface area contributed by atoms with Crippen molar-refractivity contribution in [3.8, 4) is 22.8 Å². The summed E-state index contributed by atoms with van der Waals surface area (Å²) < 4.78 is 10.6. The lowest BCUT2D eigenvalue weighted by molar-refractivity contribution is 0.412. The molecule has 0 unspecified atom stereocenters. The number of thiazole rings is 1. The maximum Gasteiger partial charge on any atom is 0.187 e. The van der Waals surface area contributed by atoms with Gasteiger partial charge in [-0.15, -0.1) is 11.3 Å². The molecule has 24 heavy (non-hydrogen) atoms. The third-order valence-corrected chi connectivity index (χ3v) is 4.59. The first-order valence-corrected chi connectivity index (χ1v) is 8.57. The summed E-state index contributed by atoms with van der Waals surface area (Å²) >= 11 is 7.59. The van der Waals surface area contributed by atoms with Gasteiger partial charge in [0.15, 0.2) is 5.13 Å². The van der Waals surface area contributed by atoms with Crippen LogP contribution in [0, 0.1) is 6.92 Å². The van der Waals surface area contributed by atoms with E-state index in [2.05, 4.69) is 16.4 Å². The van der Waals surface area contributed by atoms with Crippen LogP contribution in [-0.2, 0) is 0 Å². The van der Waals surface area contributed by atoms with Gasteiger partial charge in [-0.1, -0.05) is 11.6 Å². The predicted molar refractivity (Wildman–Crippen MR) is 100 cm³/mol. The highest BCUT2D eigenvalue weighted by Crippen LogP contribution is 2.34. The first kappa shape index (κ1) is 16.6. The molecular weight excluding hydrogens is 344 g/mol. The van der Waals surface area contributed by atoms with E-state index < -0.39 is 0 Å². The number of aromatic nitrogens is 1. The summed E-state index contributed by atoms with van der Waals surface area (Å²) in [6.07, 6.45) is 0. The topological polar surface area (TPSA) is 43.4 Å². The molecular formula is C18H17ClN2O2S. The Bertz CT molecular complexity index is 864. The quantitative estimate of drug-likeness (QED) is 0.649. The molecule has 1 aromatic heterocycles. The van der Waals surface area contributed by atoms with Crippen molar-refractivity contribution in [2.24, 2.45) is 0 Å². The van der Waals surface area contributed by atoms with E-state index in [0.29, 0.717) is 5.02 Å². The number of nitrogens with zero attached hydrogens (tertiary/aromatic N) is 1. The number of aryl methyl sites for hydroxylation is 1. The molecule has 3 aromatic rings. The molecule has 124 valence electrons. The number of ether oxygens (including phenoxy) is 2. The third kappa shape index (κ3) is 3.47. The van der Waals surface area contributed by atoms with Gasteiger partial charge >= 0.3 is 0 Å². The number of methoxy groups -OCH3 is 2. The van der Waals surface area contributed by atoms with Crippen LogP contribution < -0.4 is 14.8 Å². The Hall–Kier alpha value is -2.24. The van der Waals surface area contributed by atoms with Crippen molar-refractivity contribution in [2.45, 2.75) is 6.92 Å². The van der Waals surface area contributed by atoms with Gasteiger partial charge in [0.2, 0.25) is 0 Å². The molecule has 0 fully saturated rings. The minimum absolute atomic E-state index is 0.640. The first-order valence-electron chi connectivity index (χ1n) is 7.32. The molecule has 0 aliphatic rings. The molecule has 6 heteroatoms. The van der Waals surface area contributed by atoms with Crippen LogP contribution in [0.25, 0.3) is 11.3 Å². The van der Waals surface area contributed by atoms with Gasteiger partial charge in [-0.05, 0) is 48.9 Å². The lowest BCUT2D eigenvalue weighted by Crippen LogP contribution is -1.94. The highest BCUT2D eigenvalue weighted by Gasteiger charge is 2.10. The average molecular weight is 361 g/mol. The van der Waals surface area contributed by atoms with Crippen molar-refractivity contribution in [3.63, 3.8) is 0 Å². The first-order chi connectivity index (χ1) is 11.6. The third-order valence-electron chi connectivity index (χ3n) is 3.60. The molecule has 1 N–H and O–H groups in total. The predicted octanol–water partition coefficient (Wildman–Crippen LogP) is 5.53. The molecule has 0 spiro atoms. The van der Waals surface area contributed by atoms with Gasteiger partial charge in [-0.3, -0.25) is 0 Å². The Labute approximate surface area is 150 Å². The standard InChI is InChI=1S/C18H17ClN2O2S/c1-11-8-12(4-6-16(11)22-2)15-10-24-18(21-15)20-14-9-13(19)5-7-17(14)23-3/h4-10H,1-3H3,(H,20,21). The largest absolute Gasteiger partial charge is 0.496 e. The van der Waals surface area contributed by atoms with Crippen LogP contribution in [0.15, 0.2) is 41.8 Å². The summed E-state index contributed by atoms with van der Waals surface area (Å²) in [5.41, 5.74) is 3.83. The van der Waals surface area contributed by atoms with Crippen LogP contribution in [0.5, 0.6) is 11.5 Å². The highest BCUT2D eigenvalue weighted by atomic mass is 35.5. The van der Waals surface area contributed by atoms with E-state index >= 15 is 0 Å². The summed E-state index contributed by atoms with van der Waals surface area (Å²) in [6, 6.07) is 11.5. The normalized spacial score (nSPS) is 10.5. The van der Waals surface area contributed by atoms with Crippen LogP contribution in [0.1, 0.15) is 5.56 Å². The van der Waals surface area contributed by atoms with Crippen LogP contribution in [-0.4, -0.2) is 19.2 Å². The van der Waals surface area contributed by atoms with Gasteiger partial charge in [0.1, 0.15) is 11.5 Å². The fourth-order valence-corrected chi connectivity index (χ4v) is 3.30. The lowest BCUT2D eigenvalue weighted by atomic mass is 10.1. The Balaban J connectivity index is 1.86. The minimum Gasteiger partial charge on any atom is -0.496 e. The summed E-state index contributed by atoms with van der Waals surface area (Å²) in [5, 5.41) is 6.70. The summed E-state index contributed by atoms with van der Waals surface area (Å²) in [5.74, 6) is 1.59. The smallest absolute Gasteiger partial charge is 0.187 e. The van der Waals surface area contributed by atoms with Gasteiger partial charge in [0, 0.05) is 16.0 Å². The van der Waals surface area contributed by atoms with Crippen molar-refractivity contribution < 1.29 is 9.47 Å². The van der Waals surface area contributed by atoms with Gasteiger partial charge in [-0.25, -0.2) is 4.98 Å². The van der Waals surface area contributed by atoms with Crippen LogP contribution >= 0.6 is 22.9 Å². The van der Waals surface area contributed by atoms with E-state index in [9.17, 15) is 0 Å². The Kier molecular flexibility index (Phi) is 4.92. The average Bonchev–Trinajstić information content (AvgIpc) is 3.03. The van der Waals surface area contributed by atoms with E-state index in [4.69, 9.17) is 21.1 Å². The molecule has 0 atom stereocenters. The molecule has 0 saturated carbocycles. The Morgan fingerprint density at radius 2 is 1.79 bits per heavy atom. The number of halogens is 1. The fraction of sp³-hybridized carbons (Fsp3) is 0.167. The zero-order chi connectivity index (χ0) is 17.1. The summed E-state index contributed by atoms with van der Waals surface area (Å²) in [4.78, 5) is 4.65. The van der Waals surface area contributed by atoms with Crippen molar-refractivity contribution in [2.75, 3.05) is 19.5 Å². The van der Waals surface area contributed by atoms with E-state index in [1.165, 1.54) is 11.3 Å². The second kappa shape index (κ2) is 7.11. The van der Waals surface area contributed by atoms with Crippen LogP contribution in [0.3, 0.4) is 0 Å². The van der Waals surface area contributed by atoms with Crippen LogP contribution in [0.2, 0.25) is 5.02 Å². The Morgan fingerprint density at radius 1 is 1.04 bits per heavy atom. The number of benzene rings is 2. The van der Waals surface area contributed by atoms with Gasteiger partial charge in [-0.2, -0.15) is 0 Å². The molecule has 0 saturated heterocycles. The van der Waals surface area contributed by atoms with E-state index in [1.807, 2.05) is 36.6 Å². The molecule has 4 nitrogen and oxygen atoms in total. The zero-order valence-corrected chi connectivity index (χ0v) is 15.2. The van der Waals surface area contributed by atoms with Gasteiger partial charge in [0.05, 0.1) is 25.6 Å². The van der Waals surface area contributed by atoms with E-state index in [-0.39, 0.29) is 0 Å². The molecule has 0 amide bonds. The molecule has 0 bridgehead atoms. The Morgan fingerprint density at radius 3 is 2.50 bits per heavy atom. The maximum absolute atomic E-state index is 6.06. The number of hydrogen-bond donors (Lipinski definition) is 1. The zero-order valence-electron chi connectivity index (χ0n) is 13.6. The van der Waals surface area contributed by atoms with Crippen molar-refractivity contribution in [1.29, 1.82) is 0 Å². The SMILES string of the molecule is COc1ccc(-c2csc(Nc3cc(Cl)ccc3OC)n2)cc1C. The lowest BCUT2D eigenvalue weighted by Gasteiger charge is -2.09. The highest BCUT2D eigenvalue weighted by molar-refractivity contribution is 7.14. The number of rotatable bonds is 5. The van der Waals surface area contributed by atoms with E-state index in [0.717, 1.165) is 39.1 Å². The molecule has 2 aromatic carbocycles. The number of hydrogen-bond acceptors (Lipinski definition) is 5. The second-order valence-corrected chi connectivity index (χ2v) is 6.49.